The van der Waals surface area contributed by atoms with Crippen molar-refractivity contribution in [1.29, 1.82) is 0 Å². The maximum Gasteiger partial charge on any atom is 0.183 e. The van der Waals surface area contributed by atoms with Crippen molar-refractivity contribution in [3.05, 3.63) is 17.9 Å². The van der Waals surface area contributed by atoms with Gasteiger partial charge in [0, 0.05) is 6.42 Å². The number of carbonyl (C=O) groups excluding carboxylic acids is 1. The van der Waals surface area contributed by atoms with Crippen molar-refractivity contribution in [3.8, 4) is 0 Å². The van der Waals surface area contributed by atoms with Gasteiger partial charge >= 0.3 is 0 Å². The third kappa shape index (κ3) is 0.983. The molecule has 1 heterocycles. The lowest BCUT2D eigenvalue weighted by Gasteiger charge is -2.04. The summed E-state index contributed by atoms with van der Waals surface area (Å²) in [6, 6.07) is 0. The van der Waals surface area contributed by atoms with E-state index in [0.29, 0.717) is 18.8 Å². The molecule has 2 heteroatoms. The minimum absolute atomic E-state index is 0.410. The molecule has 0 radical (unpaired) electrons. The standard InChI is InChI=1S/C6H6O2/c7-5-6-3-1-2-4-8-6/h1-2H,3-4H2. The zero-order valence-corrected chi connectivity index (χ0v) is 4.39. The van der Waals surface area contributed by atoms with E-state index in [1.54, 1.807) is 5.94 Å². The Balaban J connectivity index is 2.63. The highest BCUT2D eigenvalue weighted by Gasteiger charge is 1.98. The summed E-state index contributed by atoms with van der Waals surface area (Å²) in [5, 5.41) is 0. The summed E-state index contributed by atoms with van der Waals surface area (Å²) in [6.45, 7) is 0.518. The predicted octanol–water partition coefficient (Wildman–Crippen LogP) is 0.678. The molecule has 0 spiro atoms. The third-order valence-corrected chi connectivity index (χ3v) is 0.938. The molecular weight excluding hydrogens is 104 g/mol. The Morgan fingerprint density at radius 2 is 2.50 bits per heavy atom. The number of hydrogen-bond acceptors (Lipinski definition) is 2. The quantitative estimate of drug-likeness (QED) is 0.338. The van der Waals surface area contributed by atoms with Crippen molar-refractivity contribution in [2.24, 2.45) is 0 Å². The van der Waals surface area contributed by atoms with Crippen molar-refractivity contribution in [3.63, 3.8) is 0 Å². The van der Waals surface area contributed by atoms with Gasteiger partial charge in [-0.25, -0.2) is 4.79 Å². The van der Waals surface area contributed by atoms with Gasteiger partial charge in [0.15, 0.2) is 11.7 Å². The van der Waals surface area contributed by atoms with Gasteiger partial charge < -0.3 is 4.74 Å². The van der Waals surface area contributed by atoms with Crippen LogP contribution in [0.2, 0.25) is 0 Å². The molecule has 8 heavy (non-hydrogen) atoms. The summed E-state index contributed by atoms with van der Waals surface area (Å²) in [4.78, 5) is 9.84. The number of hydrogen-bond donors (Lipinski definition) is 0. The monoisotopic (exact) mass is 110 g/mol. The van der Waals surface area contributed by atoms with Gasteiger partial charge in [-0.05, 0) is 0 Å². The van der Waals surface area contributed by atoms with E-state index in [9.17, 15) is 4.79 Å². The summed E-state index contributed by atoms with van der Waals surface area (Å²) in [7, 11) is 0. The lowest BCUT2D eigenvalue weighted by atomic mass is 10.3. The summed E-state index contributed by atoms with van der Waals surface area (Å²) < 4.78 is 4.83. The normalized spacial score (nSPS) is 17.2. The fraction of sp³-hybridized carbons (Fsp3) is 0.333. The van der Waals surface area contributed by atoms with Crippen LogP contribution < -0.4 is 0 Å². The molecule has 1 aliphatic heterocycles. The Hall–Kier alpha value is -1.01. The molecule has 1 rings (SSSR count). The first-order valence-corrected chi connectivity index (χ1v) is 2.45. The van der Waals surface area contributed by atoms with Crippen LogP contribution >= 0.6 is 0 Å². The van der Waals surface area contributed by atoms with E-state index in [4.69, 9.17) is 4.74 Å². The van der Waals surface area contributed by atoms with Crippen LogP contribution in [0.4, 0.5) is 0 Å². The van der Waals surface area contributed by atoms with Crippen LogP contribution in [0.15, 0.2) is 17.9 Å². The van der Waals surface area contributed by atoms with Crippen molar-refractivity contribution in [1.82, 2.24) is 0 Å². The first kappa shape index (κ1) is 5.13. The molecule has 0 unspecified atom stereocenters. The first-order chi connectivity index (χ1) is 3.93. The van der Waals surface area contributed by atoms with E-state index in [-0.39, 0.29) is 0 Å². The molecule has 0 saturated carbocycles. The Morgan fingerprint density at radius 3 is 2.88 bits per heavy atom. The molecule has 0 saturated heterocycles. The SMILES string of the molecule is O=C=C1CC=CCO1. The van der Waals surface area contributed by atoms with E-state index < -0.39 is 0 Å². The molecule has 2 nitrogen and oxygen atoms in total. The van der Waals surface area contributed by atoms with E-state index in [1.165, 1.54) is 0 Å². The van der Waals surface area contributed by atoms with E-state index in [0.717, 1.165) is 0 Å². The Kier molecular flexibility index (Phi) is 1.50. The summed E-state index contributed by atoms with van der Waals surface area (Å²) in [5.41, 5.74) is 0. The molecule has 0 aromatic rings. The van der Waals surface area contributed by atoms with Crippen LogP contribution in [-0.2, 0) is 9.53 Å². The zero-order chi connectivity index (χ0) is 5.82. The molecule has 0 amide bonds. The second-order valence-corrected chi connectivity index (χ2v) is 1.51. The van der Waals surface area contributed by atoms with Crippen molar-refractivity contribution in [2.75, 3.05) is 6.61 Å². The Labute approximate surface area is 47.5 Å². The average Bonchev–Trinajstić information content (AvgIpc) is 1.90. The maximum atomic E-state index is 9.84. The molecule has 0 atom stereocenters. The molecule has 0 fully saturated rings. The fourth-order valence-corrected chi connectivity index (χ4v) is 0.537. The summed E-state index contributed by atoms with van der Waals surface area (Å²) in [5.74, 6) is 2.11. The van der Waals surface area contributed by atoms with Crippen LogP contribution in [0.25, 0.3) is 0 Å². The second kappa shape index (κ2) is 2.34. The van der Waals surface area contributed by atoms with Crippen LogP contribution in [-0.4, -0.2) is 12.5 Å². The molecule has 0 aromatic heterocycles. The summed E-state index contributed by atoms with van der Waals surface area (Å²) >= 11 is 0. The number of rotatable bonds is 0. The lowest BCUT2D eigenvalue weighted by Crippen LogP contribution is -1.96. The van der Waals surface area contributed by atoms with Gasteiger partial charge in [-0.2, -0.15) is 0 Å². The highest BCUT2D eigenvalue weighted by molar-refractivity contribution is 5.50. The smallest absolute Gasteiger partial charge is 0.183 e. The zero-order valence-electron chi connectivity index (χ0n) is 4.39. The van der Waals surface area contributed by atoms with E-state index in [1.807, 2.05) is 12.2 Å². The maximum absolute atomic E-state index is 9.84. The van der Waals surface area contributed by atoms with Crippen molar-refractivity contribution >= 4 is 5.94 Å². The first-order valence-electron chi connectivity index (χ1n) is 2.45. The Morgan fingerprint density at radius 1 is 1.62 bits per heavy atom. The highest BCUT2D eigenvalue weighted by atomic mass is 16.5. The Bertz CT molecular complexity index is 152. The van der Waals surface area contributed by atoms with Crippen LogP contribution in [0.5, 0.6) is 0 Å². The van der Waals surface area contributed by atoms with Crippen LogP contribution in [0.1, 0.15) is 6.42 Å². The minimum Gasteiger partial charge on any atom is -0.482 e. The third-order valence-electron chi connectivity index (χ3n) is 0.938. The van der Waals surface area contributed by atoms with Gasteiger partial charge in [-0.1, -0.05) is 12.2 Å². The number of allylic oxidation sites excluding steroid dienone is 1. The average molecular weight is 110 g/mol. The molecule has 1 aliphatic rings. The highest BCUT2D eigenvalue weighted by Crippen LogP contribution is 2.04. The lowest BCUT2D eigenvalue weighted by molar-refractivity contribution is 0.237. The van der Waals surface area contributed by atoms with E-state index in [2.05, 4.69) is 0 Å². The molecule has 0 bridgehead atoms. The summed E-state index contributed by atoms with van der Waals surface area (Å²) in [6.07, 6.45) is 4.37. The topological polar surface area (TPSA) is 26.3 Å². The molecule has 0 aliphatic carbocycles. The van der Waals surface area contributed by atoms with Crippen molar-refractivity contribution < 1.29 is 9.53 Å². The van der Waals surface area contributed by atoms with Gasteiger partial charge in [-0.3, -0.25) is 0 Å². The van der Waals surface area contributed by atoms with Gasteiger partial charge in [0.1, 0.15) is 6.61 Å². The molecule has 0 aromatic carbocycles. The van der Waals surface area contributed by atoms with Gasteiger partial charge in [0.25, 0.3) is 0 Å². The molecule has 42 valence electrons. The minimum atomic E-state index is 0.410. The van der Waals surface area contributed by atoms with E-state index >= 15 is 0 Å². The van der Waals surface area contributed by atoms with Crippen molar-refractivity contribution in [2.45, 2.75) is 6.42 Å². The van der Waals surface area contributed by atoms with Gasteiger partial charge in [0.2, 0.25) is 0 Å². The van der Waals surface area contributed by atoms with Gasteiger partial charge in [0.05, 0.1) is 0 Å². The molecular formula is C6H6O2. The van der Waals surface area contributed by atoms with Crippen LogP contribution in [0.3, 0.4) is 0 Å². The van der Waals surface area contributed by atoms with Gasteiger partial charge in [-0.15, -0.1) is 0 Å². The molecule has 0 N–H and O–H groups in total. The second-order valence-electron chi connectivity index (χ2n) is 1.51. The number of ether oxygens (including phenoxy) is 1. The predicted molar refractivity (Wildman–Crippen MR) is 28.9 cm³/mol. The van der Waals surface area contributed by atoms with Crippen LogP contribution in [0, 0.1) is 0 Å². The largest absolute Gasteiger partial charge is 0.482 e. The fourth-order valence-electron chi connectivity index (χ4n) is 0.537.